The van der Waals surface area contributed by atoms with Gasteiger partial charge in [0.15, 0.2) is 23.1 Å². The molecule has 0 spiro atoms. The highest BCUT2D eigenvalue weighted by atomic mass is 19.2. The van der Waals surface area contributed by atoms with Gasteiger partial charge in [0.25, 0.3) is 11.5 Å². The first-order chi connectivity index (χ1) is 17.3. The molecule has 5 rings (SSSR count). The fourth-order valence-corrected chi connectivity index (χ4v) is 3.66. The predicted octanol–water partition coefficient (Wildman–Crippen LogP) is 2.62. The van der Waals surface area contributed by atoms with Gasteiger partial charge < -0.3 is 11.5 Å². The van der Waals surface area contributed by atoms with Gasteiger partial charge in [-0.3, -0.25) is 14.2 Å². The molecule has 0 bridgehead atoms. The summed E-state index contributed by atoms with van der Waals surface area (Å²) in [6.45, 7) is 1.83. The average Bonchev–Trinajstić information content (AvgIpc) is 3.21. The first kappa shape index (κ1) is 24.0. The molecule has 3 aromatic heterocycles. The third-order valence-electron chi connectivity index (χ3n) is 5.27. The van der Waals surface area contributed by atoms with Gasteiger partial charge in [-0.25, -0.2) is 23.3 Å². The molecule has 0 saturated heterocycles. The Hall–Kier alpha value is -5.11. The predicted molar refractivity (Wildman–Crippen MR) is 130 cm³/mol. The van der Waals surface area contributed by atoms with Crippen LogP contribution in [-0.4, -0.2) is 30.1 Å². The molecule has 4 N–H and O–H groups in total. The van der Waals surface area contributed by atoms with Crippen LogP contribution in [0.1, 0.15) is 28.7 Å². The Morgan fingerprint density at radius 2 is 1.94 bits per heavy atom. The molecule has 0 radical (unpaired) electrons. The quantitative estimate of drug-likeness (QED) is 0.376. The maximum absolute atomic E-state index is 13.5. The van der Waals surface area contributed by atoms with E-state index in [-0.39, 0.29) is 22.5 Å². The molecule has 0 aliphatic heterocycles. The zero-order chi connectivity index (χ0) is 26.0. The van der Waals surface area contributed by atoms with E-state index in [2.05, 4.69) is 21.0 Å². The number of fused-ring (bicyclic) bond motifs is 2. The topological polar surface area (TPSA) is 134 Å². The monoisotopic (exact) mass is 487 g/mol. The third kappa shape index (κ3) is 4.23. The number of hydrogen-bond donors (Lipinski definition) is 2. The molecule has 11 heteroatoms. The fraction of sp³-hybridized carbons (Fsp3) is 0.0800. The highest BCUT2D eigenvalue weighted by molar-refractivity contribution is 6.03. The highest BCUT2D eigenvalue weighted by Gasteiger charge is 2.16. The Kier molecular flexibility index (Phi) is 6.43. The van der Waals surface area contributed by atoms with Crippen molar-refractivity contribution < 1.29 is 13.6 Å². The summed E-state index contributed by atoms with van der Waals surface area (Å²) in [4.78, 5) is 32.2. The van der Waals surface area contributed by atoms with Crippen LogP contribution >= 0.6 is 0 Å². The van der Waals surface area contributed by atoms with Crippen molar-refractivity contribution in [3.8, 4) is 18.0 Å². The molecule has 1 amide bonds. The van der Waals surface area contributed by atoms with Crippen molar-refractivity contribution in [2.45, 2.75) is 13.3 Å². The van der Waals surface area contributed by atoms with Crippen LogP contribution in [0.3, 0.4) is 0 Å². The van der Waals surface area contributed by atoms with E-state index in [1.54, 1.807) is 36.7 Å². The van der Waals surface area contributed by atoms with Crippen molar-refractivity contribution in [1.29, 1.82) is 0 Å². The number of anilines is 1. The van der Waals surface area contributed by atoms with Gasteiger partial charge >= 0.3 is 0 Å². The van der Waals surface area contributed by atoms with Crippen LogP contribution in [0.4, 0.5) is 14.6 Å². The molecule has 5 aromatic rings. The molecule has 9 nitrogen and oxygen atoms in total. The molecule has 3 heterocycles. The lowest BCUT2D eigenvalue weighted by Crippen LogP contribution is -2.24. The second-order valence-electron chi connectivity index (χ2n) is 7.48. The molecule has 0 saturated carbocycles. The number of rotatable bonds is 3. The normalized spacial score (nSPS) is 10.6. The number of carbonyl (C=O) groups is 1. The Balaban J connectivity index is 0.000000197. The van der Waals surface area contributed by atoms with Crippen molar-refractivity contribution in [1.82, 2.24) is 24.1 Å². The molecule has 2 aromatic carbocycles. The summed E-state index contributed by atoms with van der Waals surface area (Å²) < 4.78 is 29.4. The minimum absolute atomic E-state index is 0.103. The largest absolute Gasteiger partial charge is 0.381 e. The second kappa shape index (κ2) is 9.63. The second-order valence-corrected chi connectivity index (χ2v) is 7.48. The number of nitrogen functional groups attached to an aromatic ring is 1. The Bertz CT molecular complexity index is 1740. The molecule has 0 aliphatic rings. The summed E-state index contributed by atoms with van der Waals surface area (Å²) in [5, 5.41) is 4.15. The number of nitrogens with two attached hydrogens (primary N) is 2. The molecule has 36 heavy (non-hydrogen) atoms. The minimum Gasteiger partial charge on any atom is -0.381 e. The van der Waals surface area contributed by atoms with E-state index >= 15 is 0 Å². The first-order valence-electron chi connectivity index (χ1n) is 10.6. The number of terminal acetylenes is 1. The molecule has 0 unspecified atom stereocenters. The number of amides is 1. The minimum atomic E-state index is -1.03. The molecule has 0 atom stereocenters. The van der Waals surface area contributed by atoms with E-state index < -0.39 is 23.1 Å². The fourth-order valence-electron chi connectivity index (χ4n) is 3.66. The Labute approximate surface area is 203 Å². The van der Waals surface area contributed by atoms with Gasteiger partial charge in [-0.1, -0.05) is 18.9 Å². The van der Waals surface area contributed by atoms with Crippen molar-refractivity contribution in [2.24, 2.45) is 5.73 Å². The van der Waals surface area contributed by atoms with Gasteiger partial charge in [-0.2, -0.15) is 0 Å². The first-order valence-corrected chi connectivity index (χ1v) is 10.6. The number of carbonyl (C=O) groups excluding carboxylic acids is 1. The molecule has 180 valence electrons. The van der Waals surface area contributed by atoms with Crippen molar-refractivity contribution in [3.63, 3.8) is 0 Å². The van der Waals surface area contributed by atoms with Gasteiger partial charge in [0.05, 0.1) is 16.6 Å². The standard InChI is InChI=1S/C18H12F2N2O.C7H7N5O/c1-3-11-6-5-7-15-17(11)18(23)22(16(4-2)21-15)12-8-9-13(19)14(20)10-12;8-5-4(6(9)13)7-10-2-1-3-12(7)11-5/h1,5-10H,4H2,2H3;1-3H,(H2,8,11)(H2,9,13). The van der Waals surface area contributed by atoms with E-state index in [1.165, 1.54) is 15.1 Å². The van der Waals surface area contributed by atoms with E-state index in [9.17, 15) is 18.4 Å². The van der Waals surface area contributed by atoms with Crippen LogP contribution in [0.15, 0.2) is 59.7 Å². The average molecular weight is 487 g/mol. The van der Waals surface area contributed by atoms with Gasteiger partial charge in [0, 0.05) is 30.4 Å². The summed E-state index contributed by atoms with van der Waals surface area (Å²) in [7, 11) is 0. The lowest BCUT2D eigenvalue weighted by molar-refractivity contribution is 0.100. The van der Waals surface area contributed by atoms with Gasteiger partial charge in [-0.05, 0) is 30.3 Å². The number of aryl methyl sites for hydroxylation is 1. The summed E-state index contributed by atoms with van der Waals surface area (Å²) in [5.74, 6) is 0.390. The zero-order valence-electron chi connectivity index (χ0n) is 18.9. The summed E-state index contributed by atoms with van der Waals surface area (Å²) >= 11 is 0. The van der Waals surface area contributed by atoms with Crippen LogP contribution in [0.5, 0.6) is 0 Å². The number of primary amides is 1. The molecule has 0 aliphatic carbocycles. The number of hydrogen-bond acceptors (Lipinski definition) is 6. The zero-order valence-corrected chi connectivity index (χ0v) is 18.9. The van der Waals surface area contributed by atoms with Crippen molar-refractivity contribution >= 4 is 28.3 Å². The maximum atomic E-state index is 13.5. The van der Waals surface area contributed by atoms with Crippen LogP contribution in [0.2, 0.25) is 0 Å². The van der Waals surface area contributed by atoms with Crippen LogP contribution < -0.4 is 17.0 Å². The third-order valence-corrected chi connectivity index (χ3v) is 5.27. The lowest BCUT2D eigenvalue weighted by atomic mass is 10.1. The van der Waals surface area contributed by atoms with Gasteiger partial charge in [0.2, 0.25) is 0 Å². The van der Waals surface area contributed by atoms with E-state index in [1.807, 2.05) is 6.92 Å². The Morgan fingerprint density at radius 3 is 2.61 bits per heavy atom. The smallest absolute Gasteiger partial charge is 0.267 e. The number of aromatic nitrogens is 5. The maximum Gasteiger partial charge on any atom is 0.267 e. The molecule has 0 fully saturated rings. The number of halogens is 2. The Morgan fingerprint density at radius 1 is 1.17 bits per heavy atom. The summed E-state index contributed by atoms with van der Waals surface area (Å²) in [6, 6.07) is 10.1. The molecular formula is C25H19F2N7O2. The van der Waals surface area contributed by atoms with E-state index in [0.29, 0.717) is 29.0 Å². The van der Waals surface area contributed by atoms with Crippen molar-refractivity contribution in [3.05, 3.63) is 93.8 Å². The van der Waals surface area contributed by atoms with Crippen LogP contribution in [0.25, 0.3) is 22.2 Å². The van der Waals surface area contributed by atoms with E-state index in [0.717, 1.165) is 12.1 Å². The lowest BCUT2D eigenvalue weighted by Gasteiger charge is -2.13. The summed E-state index contributed by atoms with van der Waals surface area (Å²) in [5.41, 5.74) is 11.9. The summed E-state index contributed by atoms with van der Waals surface area (Å²) in [6.07, 6.45) is 9.09. The SMILES string of the molecule is C#Cc1cccc2nc(CC)n(-c3ccc(F)c(F)c3)c(=O)c12.NC(=O)c1c(N)nn2cccnc12. The van der Waals surface area contributed by atoms with Crippen molar-refractivity contribution in [2.75, 3.05) is 5.73 Å². The van der Waals surface area contributed by atoms with Gasteiger partial charge in [0.1, 0.15) is 11.4 Å². The van der Waals surface area contributed by atoms with Crippen LogP contribution in [0, 0.1) is 24.0 Å². The van der Waals surface area contributed by atoms with Gasteiger partial charge in [-0.15, -0.1) is 11.5 Å². The highest BCUT2D eigenvalue weighted by Crippen LogP contribution is 2.18. The number of benzene rings is 2. The molecular weight excluding hydrogens is 468 g/mol. The number of nitrogens with zero attached hydrogens (tertiary/aromatic N) is 5. The van der Waals surface area contributed by atoms with E-state index in [4.69, 9.17) is 17.9 Å². The van der Waals surface area contributed by atoms with Crippen LogP contribution in [-0.2, 0) is 6.42 Å².